The van der Waals surface area contributed by atoms with Gasteiger partial charge in [0.1, 0.15) is 0 Å². The molecule has 0 spiro atoms. The zero-order valence-electron chi connectivity index (χ0n) is 14.2. The Hall–Kier alpha value is -0.930. The van der Waals surface area contributed by atoms with Crippen LogP contribution in [0.25, 0.3) is 0 Å². The minimum Gasteiger partial charge on any atom is -0.367 e. The lowest BCUT2D eigenvalue weighted by molar-refractivity contribution is -0.134. The van der Waals surface area contributed by atoms with Gasteiger partial charge in [-0.1, -0.05) is 50.9 Å². The van der Waals surface area contributed by atoms with Crippen LogP contribution in [0, 0.1) is 16.7 Å². The number of benzene rings is 1. The molecule has 2 aliphatic rings. The summed E-state index contributed by atoms with van der Waals surface area (Å²) in [5.41, 5.74) is 1.19. The average Bonchev–Trinajstić information content (AvgIpc) is 2.88. The highest BCUT2D eigenvalue weighted by Gasteiger charge is 2.68. The normalized spacial score (nSPS) is 23.0. The average molecular weight is 355 g/mol. The van der Waals surface area contributed by atoms with Gasteiger partial charge in [0.05, 0.1) is 10.7 Å². The predicted molar refractivity (Wildman–Crippen MR) is 96.3 cm³/mol. The molecule has 1 amide bonds. The van der Waals surface area contributed by atoms with Gasteiger partial charge in [0.25, 0.3) is 0 Å². The van der Waals surface area contributed by atoms with Crippen molar-refractivity contribution in [2.24, 2.45) is 16.7 Å². The second kappa shape index (κ2) is 5.56. The van der Waals surface area contributed by atoms with E-state index in [1.165, 1.54) is 0 Å². The van der Waals surface area contributed by atoms with Crippen molar-refractivity contribution in [1.82, 2.24) is 4.90 Å². The van der Waals surface area contributed by atoms with E-state index in [1.54, 1.807) is 6.07 Å². The number of halogens is 2. The third-order valence-corrected chi connectivity index (χ3v) is 6.65. The van der Waals surface area contributed by atoms with Crippen molar-refractivity contribution in [3.8, 4) is 0 Å². The molecule has 0 unspecified atom stereocenters. The van der Waals surface area contributed by atoms with Gasteiger partial charge in [-0.15, -0.1) is 0 Å². The Kier molecular flexibility index (Phi) is 4.09. The first-order valence-electron chi connectivity index (χ1n) is 8.15. The SMILES string of the molecule is CC1(C)C(C(=O)N2CCN(c3ccc(Cl)cc3Cl)CC2)C1(C)C. The van der Waals surface area contributed by atoms with Crippen molar-refractivity contribution in [2.75, 3.05) is 31.1 Å². The lowest BCUT2D eigenvalue weighted by atomic mass is 10.0. The van der Waals surface area contributed by atoms with Crippen LogP contribution in [0.2, 0.25) is 10.0 Å². The molecular weight excluding hydrogens is 331 g/mol. The molecule has 1 saturated carbocycles. The van der Waals surface area contributed by atoms with Crippen LogP contribution in [-0.4, -0.2) is 37.0 Å². The Morgan fingerprint density at radius 3 is 2.09 bits per heavy atom. The van der Waals surface area contributed by atoms with Gasteiger partial charge in [0.15, 0.2) is 0 Å². The summed E-state index contributed by atoms with van der Waals surface area (Å²) in [6.45, 7) is 11.9. The summed E-state index contributed by atoms with van der Waals surface area (Å²) in [7, 11) is 0. The number of piperazine rings is 1. The molecule has 126 valence electrons. The lowest BCUT2D eigenvalue weighted by Crippen LogP contribution is -2.49. The van der Waals surface area contributed by atoms with Crippen molar-refractivity contribution in [3.05, 3.63) is 28.2 Å². The van der Waals surface area contributed by atoms with E-state index in [-0.39, 0.29) is 16.7 Å². The number of carbonyl (C=O) groups excluding carboxylic acids is 1. The van der Waals surface area contributed by atoms with Crippen LogP contribution < -0.4 is 4.90 Å². The molecule has 3 nitrogen and oxygen atoms in total. The maximum absolute atomic E-state index is 12.8. The van der Waals surface area contributed by atoms with E-state index in [0.717, 1.165) is 31.9 Å². The Morgan fingerprint density at radius 2 is 1.61 bits per heavy atom. The molecule has 1 aromatic rings. The maximum atomic E-state index is 12.8. The third kappa shape index (κ3) is 2.72. The number of hydrogen-bond donors (Lipinski definition) is 0. The van der Waals surface area contributed by atoms with E-state index in [2.05, 4.69) is 32.6 Å². The minimum absolute atomic E-state index is 0.0979. The highest BCUT2D eigenvalue weighted by molar-refractivity contribution is 6.36. The maximum Gasteiger partial charge on any atom is 0.226 e. The summed E-state index contributed by atoms with van der Waals surface area (Å²) >= 11 is 12.3. The van der Waals surface area contributed by atoms with Crippen molar-refractivity contribution >= 4 is 34.8 Å². The summed E-state index contributed by atoms with van der Waals surface area (Å²) in [5, 5.41) is 1.31. The Morgan fingerprint density at radius 1 is 1.04 bits per heavy atom. The van der Waals surface area contributed by atoms with Crippen LogP contribution in [0.1, 0.15) is 27.7 Å². The Balaban J connectivity index is 1.64. The van der Waals surface area contributed by atoms with Crippen LogP contribution in [-0.2, 0) is 4.79 Å². The first-order chi connectivity index (χ1) is 10.7. The van der Waals surface area contributed by atoms with E-state index in [1.807, 2.05) is 17.0 Å². The number of nitrogens with zero attached hydrogens (tertiary/aromatic N) is 2. The second-order valence-corrected chi connectivity index (χ2v) is 8.63. The topological polar surface area (TPSA) is 23.6 Å². The van der Waals surface area contributed by atoms with Crippen LogP contribution in [0.4, 0.5) is 5.69 Å². The van der Waals surface area contributed by atoms with Crippen molar-refractivity contribution in [2.45, 2.75) is 27.7 Å². The number of carbonyl (C=O) groups is 1. The van der Waals surface area contributed by atoms with Gasteiger partial charge in [-0.25, -0.2) is 0 Å². The summed E-state index contributed by atoms with van der Waals surface area (Å²) in [4.78, 5) is 17.1. The molecule has 0 radical (unpaired) electrons. The summed E-state index contributed by atoms with van der Waals surface area (Å²) in [6.07, 6.45) is 0. The fourth-order valence-corrected chi connectivity index (χ4v) is 4.43. The minimum atomic E-state index is 0.0979. The van der Waals surface area contributed by atoms with Crippen LogP contribution >= 0.6 is 23.2 Å². The van der Waals surface area contributed by atoms with E-state index >= 15 is 0 Å². The summed E-state index contributed by atoms with van der Waals surface area (Å²) in [6, 6.07) is 5.58. The highest BCUT2D eigenvalue weighted by Crippen LogP contribution is 2.68. The molecule has 1 saturated heterocycles. The van der Waals surface area contributed by atoms with Crippen LogP contribution in [0.15, 0.2) is 18.2 Å². The highest BCUT2D eigenvalue weighted by atomic mass is 35.5. The first kappa shape index (κ1) is 16.9. The van der Waals surface area contributed by atoms with Gasteiger partial charge < -0.3 is 9.80 Å². The predicted octanol–water partition coefficient (Wildman–Crippen LogP) is 4.32. The van der Waals surface area contributed by atoms with Crippen LogP contribution in [0.3, 0.4) is 0 Å². The molecule has 0 atom stereocenters. The van der Waals surface area contributed by atoms with Gasteiger partial charge in [0.2, 0.25) is 5.91 Å². The lowest BCUT2D eigenvalue weighted by Gasteiger charge is -2.37. The molecule has 1 aliphatic carbocycles. The molecule has 0 N–H and O–H groups in total. The molecule has 1 heterocycles. The second-order valence-electron chi connectivity index (χ2n) is 7.78. The smallest absolute Gasteiger partial charge is 0.226 e. The number of hydrogen-bond acceptors (Lipinski definition) is 2. The fourth-order valence-electron chi connectivity index (χ4n) is 3.90. The van der Waals surface area contributed by atoms with Crippen LogP contribution in [0.5, 0.6) is 0 Å². The van der Waals surface area contributed by atoms with Crippen molar-refractivity contribution < 1.29 is 4.79 Å². The number of amides is 1. The molecular formula is C18H24Cl2N2O. The van der Waals surface area contributed by atoms with Gasteiger partial charge >= 0.3 is 0 Å². The standard InChI is InChI=1S/C18H24Cl2N2O/c1-17(2)15(18(17,3)4)16(23)22-9-7-21(8-10-22)14-6-5-12(19)11-13(14)20/h5-6,11,15H,7-10H2,1-4H3. The molecule has 0 aromatic heterocycles. The van der Waals surface area contributed by atoms with Gasteiger partial charge in [0, 0.05) is 37.1 Å². The van der Waals surface area contributed by atoms with E-state index in [9.17, 15) is 4.79 Å². The summed E-state index contributed by atoms with van der Waals surface area (Å²) < 4.78 is 0. The fraction of sp³-hybridized carbons (Fsp3) is 0.611. The van der Waals surface area contributed by atoms with Gasteiger partial charge in [-0.3, -0.25) is 4.79 Å². The van der Waals surface area contributed by atoms with Crippen molar-refractivity contribution in [1.29, 1.82) is 0 Å². The number of rotatable bonds is 2. The molecule has 23 heavy (non-hydrogen) atoms. The van der Waals surface area contributed by atoms with Gasteiger partial charge in [-0.2, -0.15) is 0 Å². The van der Waals surface area contributed by atoms with E-state index in [4.69, 9.17) is 23.2 Å². The largest absolute Gasteiger partial charge is 0.367 e. The molecule has 3 rings (SSSR count). The summed E-state index contributed by atoms with van der Waals surface area (Å²) in [5.74, 6) is 0.447. The molecule has 1 aliphatic heterocycles. The zero-order valence-corrected chi connectivity index (χ0v) is 15.7. The van der Waals surface area contributed by atoms with Crippen molar-refractivity contribution in [3.63, 3.8) is 0 Å². The number of anilines is 1. The van der Waals surface area contributed by atoms with Gasteiger partial charge in [-0.05, 0) is 29.0 Å². The zero-order chi connectivity index (χ0) is 17.0. The monoisotopic (exact) mass is 354 g/mol. The molecule has 1 aromatic carbocycles. The first-order valence-corrected chi connectivity index (χ1v) is 8.90. The van der Waals surface area contributed by atoms with E-state index < -0.39 is 0 Å². The molecule has 5 heteroatoms. The van der Waals surface area contributed by atoms with E-state index in [0.29, 0.717) is 16.0 Å². The molecule has 2 fully saturated rings. The Bertz CT molecular complexity index is 620. The molecule has 0 bridgehead atoms. The third-order valence-electron chi connectivity index (χ3n) is 6.11. The Labute approximate surface area is 148 Å². The quantitative estimate of drug-likeness (QED) is 0.789.